The van der Waals surface area contributed by atoms with Crippen LogP contribution >= 0.6 is 0 Å². The lowest BCUT2D eigenvalue weighted by Crippen LogP contribution is -2.26. The summed E-state index contributed by atoms with van der Waals surface area (Å²) in [6.45, 7) is 7.97. The highest BCUT2D eigenvalue weighted by Crippen LogP contribution is 2.12. The number of nitriles is 1. The molecule has 86 valence electrons. The van der Waals surface area contributed by atoms with Gasteiger partial charge in [0.1, 0.15) is 11.9 Å². The van der Waals surface area contributed by atoms with E-state index in [0.717, 1.165) is 12.1 Å². The number of nitrogens with zero attached hydrogens (tertiary/aromatic N) is 1. The van der Waals surface area contributed by atoms with Crippen LogP contribution in [-0.2, 0) is 6.54 Å². The Balaban J connectivity index is 2.59. The molecule has 16 heavy (non-hydrogen) atoms. The Hall–Kier alpha value is -1.40. The van der Waals surface area contributed by atoms with E-state index in [0.29, 0.717) is 6.54 Å². The predicted octanol–water partition coefficient (Wildman–Crippen LogP) is 2.83. The molecule has 0 spiro atoms. The van der Waals surface area contributed by atoms with Gasteiger partial charge >= 0.3 is 0 Å². The van der Waals surface area contributed by atoms with Gasteiger partial charge in [-0.25, -0.2) is 4.39 Å². The maximum absolute atomic E-state index is 13.0. The van der Waals surface area contributed by atoms with Crippen LogP contribution in [0.15, 0.2) is 18.2 Å². The van der Waals surface area contributed by atoms with Gasteiger partial charge in [-0.15, -0.1) is 0 Å². The highest BCUT2D eigenvalue weighted by Gasteiger charge is 2.09. The van der Waals surface area contributed by atoms with Crippen molar-refractivity contribution in [3.05, 3.63) is 35.1 Å². The number of rotatable bonds is 3. The molecule has 0 aliphatic rings. The van der Waals surface area contributed by atoms with Crippen molar-refractivity contribution in [3.63, 3.8) is 0 Å². The molecule has 0 heterocycles. The van der Waals surface area contributed by atoms with Gasteiger partial charge in [-0.05, 0) is 23.1 Å². The van der Waals surface area contributed by atoms with Crippen molar-refractivity contribution in [2.24, 2.45) is 5.41 Å². The number of benzene rings is 1. The van der Waals surface area contributed by atoms with Crippen LogP contribution < -0.4 is 5.32 Å². The number of nitrogens with one attached hydrogen (secondary N) is 1. The molecule has 0 aromatic heterocycles. The highest BCUT2D eigenvalue weighted by molar-refractivity contribution is 5.34. The lowest BCUT2D eigenvalue weighted by atomic mass is 9.97. The monoisotopic (exact) mass is 220 g/mol. The minimum absolute atomic E-state index is 0.107. The van der Waals surface area contributed by atoms with E-state index in [1.54, 1.807) is 12.1 Å². The van der Waals surface area contributed by atoms with Crippen molar-refractivity contribution in [1.29, 1.82) is 5.26 Å². The molecule has 0 atom stereocenters. The van der Waals surface area contributed by atoms with Crippen LogP contribution in [0, 0.1) is 22.6 Å². The summed E-state index contributed by atoms with van der Waals surface area (Å²) in [5.41, 5.74) is 1.26. The van der Waals surface area contributed by atoms with E-state index >= 15 is 0 Å². The van der Waals surface area contributed by atoms with Crippen molar-refractivity contribution < 1.29 is 4.39 Å². The van der Waals surface area contributed by atoms with Gasteiger partial charge in [0, 0.05) is 13.1 Å². The van der Waals surface area contributed by atoms with E-state index in [-0.39, 0.29) is 11.0 Å². The fourth-order valence-electron chi connectivity index (χ4n) is 1.35. The van der Waals surface area contributed by atoms with Gasteiger partial charge in [-0.3, -0.25) is 0 Å². The largest absolute Gasteiger partial charge is 0.312 e. The van der Waals surface area contributed by atoms with Crippen molar-refractivity contribution >= 4 is 0 Å². The van der Waals surface area contributed by atoms with E-state index < -0.39 is 5.82 Å². The van der Waals surface area contributed by atoms with Gasteiger partial charge in [0.25, 0.3) is 0 Å². The minimum Gasteiger partial charge on any atom is -0.312 e. The average molecular weight is 220 g/mol. The fraction of sp³-hybridized carbons (Fsp3) is 0.462. The summed E-state index contributed by atoms with van der Waals surface area (Å²) in [4.78, 5) is 0. The van der Waals surface area contributed by atoms with Crippen LogP contribution in [0.2, 0.25) is 0 Å². The van der Waals surface area contributed by atoms with Crippen molar-refractivity contribution in [1.82, 2.24) is 5.32 Å². The molecule has 3 heteroatoms. The molecule has 1 N–H and O–H groups in total. The van der Waals surface area contributed by atoms with E-state index in [1.807, 2.05) is 6.07 Å². The molecule has 1 aromatic rings. The van der Waals surface area contributed by atoms with E-state index in [2.05, 4.69) is 26.1 Å². The Bertz CT molecular complexity index is 399. The summed E-state index contributed by atoms with van der Waals surface area (Å²) in [5.74, 6) is -0.456. The van der Waals surface area contributed by atoms with Crippen LogP contribution in [0.1, 0.15) is 31.9 Å². The van der Waals surface area contributed by atoms with Crippen LogP contribution in [0.5, 0.6) is 0 Å². The molecule has 0 saturated heterocycles. The van der Waals surface area contributed by atoms with Crippen LogP contribution in [0.25, 0.3) is 0 Å². The zero-order chi connectivity index (χ0) is 12.2. The Morgan fingerprint density at radius 2 is 2.06 bits per heavy atom. The Morgan fingerprint density at radius 3 is 2.62 bits per heavy atom. The van der Waals surface area contributed by atoms with Crippen molar-refractivity contribution in [2.45, 2.75) is 27.3 Å². The summed E-state index contributed by atoms with van der Waals surface area (Å²) in [6.07, 6.45) is 0. The first-order chi connectivity index (χ1) is 7.42. The smallest absolute Gasteiger partial charge is 0.140 e. The lowest BCUT2D eigenvalue weighted by molar-refractivity contribution is 0.379. The minimum atomic E-state index is -0.456. The first-order valence-electron chi connectivity index (χ1n) is 5.31. The van der Waals surface area contributed by atoms with E-state index in [4.69, 9.17) is 5.26 Å². The van der Waals surface area contributed by atoms with Gasteiger partial charge in [-0.1, -0.05) is 26.8 Å². The molecule has 0 amide bonds. The number of halogens is 1. The Kier molecular flexibility index (Phi) is 4.03. The molecule has 0 fully saturated rings. The molecule has 0 bridgehead atoms. The summed E-state index contributed by atoms with van der Waals surface area (Å²) < 4.78 is 13.0. The van der Waals surface area contributed by atoms with Crippen LogP contribution in [0.4, 0.5) is 4.39 Å². The molecule has 0 unspecified atom stereocenters. The van der Waals surface area contributed by atoms with Crippen molar-refractivity contribution in [2.75, 3.05) is 6.54 Å². The van der Waals surface area contributed by atoms with Gasteiger partial charge in [0.2, 0.25) is 0 Å². The second-order valence-electron chi connectivity index (χ2n) is 5.09. The summed E-state index contributed by atoms with van der Waals surface area (Å²) in [7, 11) is 0. The molecular weight excluding hydrogens is 203 g/mol. The van der Waals surface area contributed by atoms with Gasteiger partial charge in [0.05, 0.1) is 5.56 Å². The Labute approximate surface area is 96.1 Å². The molecule has 0 radical (unpaired) electrons. The molecule has 1 aromatic carbocycles. The maximum atomic E-state index is 13.0. The zero-order valence-electron chi connectivity index (χ0n) is 9.97. The third-order valence-corrected chi connectivity index (χ3v) is 2.14. The van der Waals surface area contributed by atoms with Gasteiger partial charge < -0.3 is 5.32 Å². The molecule has 2 nitrogen and oxygen atoms in total. The third kappa shape index (κ3) is 4.00. The summed E-state index contributed by atoms with van der Waals surface area (Å²) in [5, 5.41) is 12.0. The molecule has 0 aliphatic heterocycles. The maximum Gasteiger partial charge on any atom is 0.140 e. The molecule has 1 rings (SSSR count). The summed E-state index contributed by atoms with van der Waals surface area (Å²) >= 11 is 0. The third-order valence-electron chi connectivity index (χ3n) is 2.14. The first kappa shape index (κ1) is 12.7. The topological polar surface area (TPSA) is 35.8 Å². The van der Waals surface area contributed by atoms with Gasteiger partial charge in [0.15, 0.2) is 0 Å². The summed E-state index contributed by atoms with van der Waals surface area (Å²) in [6, 6.07) is 6.47. The Morgan fingerprint density at radius 1 is 1.38 bits per heavy atom. The van der Waals surface area contributed by atoms with Crippen molar-refractivity contribution in [3.8, 4) is 6.07 Å². The van der Waals surface area contributed by atoms with Crippen LogP contribution in [-0.4, -0.2) is 6.54 Å². The fourth-order valence-corrected chi connectivity index (χ4v) is 1.35. The van der Waals surface area contributed by atoms with E-state index in [9.17, 15) is 4.39 Å². The van der Waals surface area contributed by atoms with Gasteiger partial charge in [-0.2, -0.15) is 5.26 Å². The lowest BCUT2D eigenvalue weighted by Gasteiger charge is -2.18. The number of hydrogen-bond donors (Lipinski definition) is 1. The molecular formula is C13H17FN2. The standard InChI is InChI=1S/C13H17FN2/c1-13(2,3)9-16-8-10-4-5-12(14)11(6-10)7-15/h4-6,16H,8-9H2,1-3H3. The van der Waals surface area contributed by atoms with E-state index in [1.165, 1.54) is 6.07 Å². The highest BCUT2D eigenvalue weighted by atomic mass is 19.1. The number of hydrogen-bond acceptors (Lipinski definition) is 2. The van der Waals surface area contributed by atoms with Crippen LogP contribution in [0.3, 0.4) is 0 Å². The normalized spacial score (nSPS) is 11.2. The molecule has 0 saturated carbocycles. The zero-order valence-corrected chi connectivity index (χ0v) is 9.97. The quantitative estimate of drug-likeness (QED) is 0.850. The first-order valence-corrected chi connectivity index (χ1v) is 5.31. The second kappa shape index (κ2) is 5.09. The second-order valence-corrected chi connectivity index (χ2v) is 5.09. The average Bonchev–Trinajstić information content (AvgIpc) is 2.18. The predicted molar refractivity (Wildman–Crippen MR) is 62.3 cm³/mol. The molecule has 0 aliphatic carbocycles. The SMILES string of the molecule is CC(C)(C)CNCc1ccc(F)c(C#N)c1.